The van der Waals surface area contributed by atoms with E-state index in [-0.39, 0.29) is 5.69 Å². The minimum atomic E-state index is -0.924. The van der Waals surface area contributed by atoms with Crippen LogP contribution in [-0.2, 0) is 9.59 Å². The summed E-state index contributed by atoms with van der Waals surface area (Å²) < 4.78 is 15.6. The Balaban J connectivity index is 1.47. The number of carbonyl (C=O) groups excluding carboxylic acids is 3. The van der Waals surface area contributed by atoms with E-state index in [4.69, 9.17) is 0 Å². The highest BCUT2D eigenvalue weighted by molar-refractivity contribution is 6.10. The fraction of sp³-hybridized carbons (Fsp3) is 0.474. The molecule has 0 bridgehead atoms. The number of nitrogens with one attached hydrogen (secondary N) is 2. The van der Waals surface area contributed by atoms with Crippen LogP contribution in [0.25, 0.3) is 5.69 Å². The molecule has 1 saturated carbocycles. The fourth-order valence-corrected chi connectivity index (χ4v) is 3.96. The Morgan fingerprint density at radius 3 is 2.73 bits per heavy atom. The number of aromatic nitrogens is 4. The summed E-state index contributed by atoms with van der Waals surface area (Å²) in [5.74, 6) is -0.743. The lowest BCUT2D eigenvalue weighted by atomic mass is 9.77. The van der Waals surface area contributed by atoms with Crippen molar-refractivity contribution in [3.63, 3.8) is 0 Å². The van der Waals surface area contributed by atoms with Gasteiger partial charge in [0.15, 0.2) is 5.82 Å². The summed E-state index contributed by atoms with van der Waals surface area (Å²) in [7, 11) is 0. The number of carbonyl (C=O) groups is 3. The molecule has 2 heterocycles. The van der Waals surface area contributed by atoms with Crippen molar-refractivity contribution in [1.29, 1.82) is 0 Å². The number of tetrazole rings is 1. The van der Waals surface area contributed by atoms with Crippen molar-refractivity contribution in [2.24, 2.45) is 5.92 Å². The van der Waals surface area contributed by atoms with E-state index >= 15 is 0 Å². The molecule has 1 aliphatic heterocycles. The second kappa shape index (κ2) is 7.47. The molecule has 2 aliphatic rings. The number of aryl methyl sites for hydroxylation is 1. The number of benzene rings is 1. The number of anilines is 1. The van der Waals surface area contributed by atoms with Gasteiger partial charge in [-0.05, 0) is 67.2 Å². The molecule has 0 atom stereocenters. The zero-order valence-corrected chi connectivity index (χ0v) is 16.7. The Morgan fingerprint density at radius 2 is 2.07 bits per heavy atom. The maximum absolute atomic E-state index is 14.2. The Kier molecular flexibility index (Phi) is 4.96. The minimum absolute atomic E-state index is 0.0966. The maximum atomic E-state index is 14.2. The molecule has 1 saturated heterocycles. The van der Waals surface area contributed by atoms with Crippen molar-refractivity contribution >= 4 is 23.5 Å². The van der Waals surface area contributed by atoms with Crippen molar-refractivity contribution in [2.45, 2.75) is 45.1 Å². The van der Waals surface area contributed by atoms with Gasteiger partial charge >= 0.3 is 6.03 Å². The molecule has 4 rings (SSSR count). The first-order chi connectivity index (χ1) is 14.3. The quantitative estimate of drug-likeness (QED) is 0.731. The van der Waals surface area contributed by atoms with E-state index in [1.54, 1.807) is 6.92 Å². The van der Waals surface area contributed by atoms with Crippen LogP contribution in [0.3, 0.4) is 0 Å². The summed E-state index contributed by atoms with van der Waals surface area (Å²) in [4.78, 5) is 38.6. The van der Waals surface area contributed by atoms with Crippen molar-refractivity contribution in [3.8, 4) is 5.69 Å². The van der Waals surface area contributed by atoms with Gasteiger partial charge in [0.2, 0.25) is 5.91 Å². The number of halogens is 1. The summed E-state index contributed by atoms with van der Waals surface area (Å²) in [6.07, 6.45) is 2.78. The number of hydrogen-bond acceptors (Lipinski definition) is 6. The molecule has 11 heteroatoms. The zero-order chi connectivity index (χ0) is 21.5. The van der Waals surface area contributed by atoms with Gasteiger partial charge in [0.25, 0.3) is 5.91 Å². The number of urea groups is 1. The second-order valence-electron chi connectivity index (χ2n) is 7.94. The monoisotopic (exact) mass is 415 g/mol. The first-order valence-electron chi connectivity index (χ1n) is 9.78. The van der Waals surface area contributed by atoms with Crippen molar-refractivity contribution in [2.75, 3.05) is 11.9 Å². The molecule has 1 aliphatic carbocycles. The van der Waals surface area contributed by atoms with E-state index in [0.717, 1.165) is 17.7 Å². The first kappa shape index (κ1) is 19.9. The predicted molar refractivity (Wildman–Crippen MR) is 103 cm³/mol. The Labute approximate surface area is 171 Å². The Morgan fingerprint density at radius 1 is 1.33 bits per heavy atom. The number of rotatable bonds is 4. The lowest BCUT2D eigenvalue weighted by Gasteiger charge is -2.33. The fourth-order valence-electron chi connectivity index (χ4n) is 3.96. The highest BCUT2D eigenvalue weighted by Gasteiger charge is 2.52. The number of hydrogen-bond donors (Lipinski definition) is 2. The molecule has 0 radical (unpaired) electrons. The van der Waals surface area contributed by atoms with Gasteiger partial charge < -0.3 is 10.6 Å². The highest BCUT2D eigenvalue weighted by atomic mass is 19.1. The van der Waals surface area contributed by atoms with E-state index in [0.29, 0.717) is 30.3 Å². The third-order valence-corrected chi connectivity index (χ3v) is 5.77. The summed E-state index contributed by atoms with van der Waals surface area (Å²) >= 11 is 0. The summed E-state index contributed by atoms with van der Waals surface area (Å²) in [5.41, 5.74) is -0.563. The van der Waals surface area contributed by atoms with Gasteiger partial charge in [-0.25, -0.2) is 9.18 Å². The number of nitrogens with zero attached hydrogens (tertiary/aromatic N) is 5. The number of amides is 4. The lowest BCUT2D eigenvalue weighted by molar-refractivity contribution is -0.135. The van der Waals surface area contributed by atoms with Crippen LogP contribution in [0.1, 0.15) is 38.4 Å². The third kappa shape index (κ3) is 3.51. The zero-order valence-electron chi connectivity index (χ0n) is 16.7. The molecule has 0 unspecified atom stereocenters. The molecule has 158 valence electrons. The van der Waals surface area contributed by atoms with Crippen LogP contribution in [0.2, 0.25) is 0 Å². The van der Waals surface area contributed by atoms with Gasteiger partial charge in [-0.2, -0.15) is 4.68 Å². The molecule has 2 aromatic rings. The number of imide groups is 1. The average Bonchev–Trinajstić information content (AvgIpc) is 3.23. The van der Waals surface area contributed by atoms with E-state index in [2.05, 4.69) is 33.1 Å². The normalized spacial score (nSPS) is 23.7. The van der Waals surface area contributed by atoms with Crippen LogP contribution in [0.4, 0.5) is 14.9 Å². The summed E-state index contributed by atoms with van der Waals surface area (Å²) in [6, 6.07) is 3.44. The molecule has 10 nitrogen and oxygen atoms in total. The SMILES string of the molecule is Cc1nnnn1-c1ccc(F)c(NC(=O)CN2C(=O)NC3(CCC(C)CC3)C2=O)c1. The van der Waals surface area contributed by atoms with Crippen LogP contribution in [0.15, 0.2) is 18.2 Å². The molecule has 1 aromatic carbocycles. The molecule has 1 spiro atoms. The Hall–Kier alpha value is -3.37. The molecule has 30 heavy (non-hydrogen) atoms. The van der Waals surface area contributed by atoms with Crippen LogP contribution < -0.4 is 10.6 Å². The van der Waals surface area contributed by atoms with E-state index in [1.807, 2.05) is 0 Å². The first-order valence-corrected chi connectivity index (χ1v) is 9.78. The topological polar surface area (TPSA) is 122 Å². The van der Waals surface area contributed by atoms with Crippen LogP contribution in [0.5, 0.6) is 0 Å². The lowest BCUT2D eigenvalue weighted by Crippen LogP contribution is -2.49. The molecule has 4 amide bonds. The maximum Gasteiger partial charge on any atom is 0.325 e. The van der Waals surface area contributed by atoms with Crippen molar-refractivity contribution in [3.05, 3.63) is 29.8 Å². The summed E-state index contributed by atoms with van der Waals surface area (Å²) in [5, 5.41) is 16.3. The Bertz CT molecular complexity index is 1010. The van der Waals surface area contributed by atoms with E-state index < -0.39 is 35.7 Å². The molecule has 2 fully saturated rings. The van der Waals surface area contributed by atoms with Crippen LogP contribution >= 0.6 is 0 Å². The molecule has 1 aromatic heterocycles. The highest BCUT2D eigenvalue weighted by Crippen LogP contribution is 2.36. The molecular weight excluding hydrogens is 393 g/mol. The predicted octanol–water partition coefficient (Wildman–Crippen LogP) is 1.55. The standard InChI is InChI=1S/C19H22FN7O3/c1-11-5-7-19(8-6-11)17(29)26(18(30)22-19)10-16(28)21-15-9-13(3-4-14(15)20)27-12(2)23-24-25-27/h3-4,9,11H,5-8,10H2,1-2H3,(H,21,28)(H,22,30). The van der Waals surface area contributed by atoms with E-state index in [1.165, 1.54) is 22.9 Å². The van der Waals surface area contributed by atoms with Gasteiger partial charge in [0.05, 0.1) is 11.4 Å². The van der Waals surface area contributed by atoms with E-state index in [9.17, 15) is 18.8 Å². The second-order valence-corrected chi connectivity index (χ2v) is 7.94. The van der Waals surface area contributed by atoms with Gasteiger partial charge in [-0.1, -0.05) is 6.92 Å². The van der Waals surface area contributed by atoms with Gasteiger partial charge in [0.1, 0.15) is 17.9 Å². The molecule has 2 N–H and O–H groups in total. The van der Waals surface area contributed by atoms with Crippen LogP contribution in [-0.4, -0.2) is 55.0 Å². The van der Waals surface area contributed by atoms with Crippen molar-refractivity contribution in [1.82, 2.24) is 30.4 Å². The molecular formula is C19H22FN7O3. The minimum Gasteiger partial charge on any atom is -0.323 e. The van der Waals surface area contributed by atoms with Crippen LogP contribution in [0, 0.1) is 18.7 Å². The van der Waals surface area contributed by atoms with Gasteiger partial charge in [-0.3, -0.25) is 14.5 Å². The smallest absolute Gasteiger partial charge is 0.323 e. The largest absolute Gasteiger partial charge is 0.325 e. The van der Waals surface area contributed by atoms with Gasteiger partial charge in [0, 0.05) is 0 Å². The summed E-state index contributed by atoms with van der Waals surface area (Å²) in [6.45, 7) is 3.30. The average molecular weight is 415 g/mol. The third-order valence-electron chi connectivity index (χ3n) is 5.77. The van der Waals surface area contributed by atoms with Crippen molar-refractivity contribution < 1.29 is 18.8 Å². The van der Waals surface area contributed by atoms with Gasteiger partial charge in [-0.15, -0.1) is 5.10 Å².